The molecule has 2 aromatic rings. The molecule has 0 radical (unpaired) electrons. The molecule has 1 aromatic carbocycles. The zero-order valence-electron chi connectivity index (χ0n) is 12.3. The van der Waals surface area contributed by atoms with Crippen LogP contribution in [0.3, 0.4) is 0 Å². The molecule has 0 saturated heterocycles. The molecule has 0 fully saturated rings. The van der Waals surface area contributed by atoms with Crippen LogP contribution in [0.25, 0.3) is 11.0 Å². The van der Waals surface area contributed by atoms with Crippen molar-refractivity contribution in [1.29, 1.82) is 0 Å². The molecular formula is C17H25NO. The Hall–Kier alpha value is -1.28. The molecule has 1 aromatic heterocycles. The molecule has 2 rings (SSSR count). The number of nitrogens with one attached hydrogen (secondary N) is 1. The SMILES string of the molecule is CCCC(CCc1cc2cc(C)ccc2o1)NCC. The van der Waals surface area contributed by atoms with E-state index in [1.807, 2.05) is 0 Å². The second-order valence-electron chi connectivity index (χ2n) is 5.34. The predicted molar refractivity (Wildman–Crippen MR) is 81.6 cm³/mol. The highest BCUT2D eigenvalue weighted by molar-refractivity contribution is 5.78. The molecule has 2 nitrogen and oxygen atoms in total. The van der Waals surface area contributed by atoms with Gasteiger partial charge in [0.05, 0.1) is 0 Å². The summed E-state index contributed by atoms with van der Waals surface area (Å²) in [6.07, 6.45) is 4.65. The molecule has 1 unspecified atom stereocenters. The van der Waals surface area contributed by atoms with Crippen molar-refractivity contribution in [2.24, 2.45) is 0 Å². The van der Waals surface area contributed by atoms with Crippen LogP contribution >= 0.6 is 0 Å². The molecule has 0 amide bonds. The maximum absolute atomic E-state index is 5.90. The van der Waals surface area contributed by atoms with Crippen LogP contribution in [0.5, 0.6) is 0 Å². The topological polar surface area (TPSA) is 25.2 Å². The highest BCUT2D eigenvalue weighted by atomic mass is 16.3. The van der Waals surface area contributed by atoms with E-state index in [2.05, 4.69) is 50.4 Å². The standard InChI is InChI=1S/C17H25NO/c1-4-6-15(18-5-2)8-9-16-12-14-11-13(3)7-10-17(14)19-16/h7,10-12,15,18H,4-6,8-9H2,1-3H3. The van der Waals surface area contributed by atoms with Crippen molar-refractivity contribution in [3.8, 4) is 0 Å². The van der Waals surface area contributed by atoms with Gasteiger partial charge in [0.15, 0.2) is 0 Å². The number of hydrogen-bond acceptors (Lipinski definition) is 2. The van der Waals surface area contributed by atoms with Crippen LogP contribution in [-0.4, -0.2) is 12.6 Å². The largest absolute Gasteiger partial charge is 0.461 e. The Morgan fingerprint density at radius 1 is 1.16 bits per heavy atom. The van der Waals surface area contributed by atoms with E-state index in [0.717, 1.165) is 30.7 Å². The third-order valence-electron chi connectivity index (χ3n) is 3.59. The van der Waals surface area contributed by atoms with Gasteiger partial charge >= 0.3 is 0 Å². The predicted octanol–water partition coefficient (Wildman–Crippen LogP) is 4.45. The average molecular weight is 259 g/mol. The monoisotopic (exact) mass is 259 g/mol. The van der Waals surface area contributed by atoms with E-state index < -0.39 is 0 Å². The van der Waals surface area contributed by atoms with Gasteiger partial charge in [0, 0.05) is 17.8 Å². The van der Waals surface area contributed by atoms with Crippen LogP contribution in [0, 0.1) is 6.92 Å². The van der Waals surface area contributed by atoms with Gasteiger partial charge in [0.2, 0.25) is 0 Å². The second kappa shape index (κ2) is 6.76. The summed E-state index contributed by atoms with van der Waals surface area (Å²) in [6.45, 7) is 7.58. The zero-order chi connectivity index (χ0) is 13.7. The van der Waals surface area contributed by atoms with E-state index in [-0.39, 0.29) is 0 Å². The molecule has 0 aliphatic heterocycles. The lowest BCUT2D eigenvalue weighted by molar-refractivity contribution is 0.437. The Bertz CT molecular complexity index is 509. The molecule has 104 valence electrons. The van der Waals surface area contributed by atoms with Crippen molar-refractivity contribution in [2.75, 3.05) is 6.54 Å². The minimum Gasteiger partial charge on any atom is -0.461 e. The highest BCUT2D eigenvalue weighted by Gasteiger charge is 2.09. The molecule has 1 N–H and O–H groups in total. The first-order chi connectivity index (χ1) is 9.22. The van der Waals surface area contributed by atoms with E-state index >= 15 is 0 Å². The van der Waals surface area contributed by atoms with Gasteiger partial charge in [0.1, 0.15) is 11.3 Å². The fourth-order valence-corrected chi connectivity index (χ4v) is 2.64. The zero-order valence-corrected chi connectivity index (χ0v) is 12.3. The minimum absolute atomic E-state index is 0.616. The van der Waals surface area contributed by atoms with Crippen LogP contribution in [0.2, 0.25) is 0 Å². The first-order valence-electron chi connectivity index (χ1n) is 7.45. The van der Waals surface area contributed by atoms with E-state index in [1.54, 1.807) is 0 Å². The van der Waals surface area contributed by atoms with Gasteiger partial charge < -0.3 is 9.73 Å². The third-order valence-corrected chi connectivity index (χ3v) is 3.59. The first kappa shape index (κ1) is 14.1. The van der Waals surface area contributed by atoms with Crippen LogP contribution in [0.1, 0.15) is 44.4 Å². The van der Waals surface area contributed by atoms with Crippen molar-refractivity contribution in [2.45, 2.75) is 52.5 Å². The number of benzene rings is 1. The lowest BCUT2D eigenvalue weighted by Gasteiger charge is -2.15. The molecule has 2 heteroatoms. The normalized spacial score (nSPS) is 13.0. The Kier molecular flexibility index (Phi) is 5.03. The number of rotatable bonds is 7. The Morgan fingerprint density at radius 3 is 2.74 bits per heavy atom. The summed E-state index contributed by atoms with van der Waals surface area (Å²) < 4.78 is 5.90. The fourth-order valence-electron chi connectivity index (χ4n) is 2.64. The molecule has 1 atom stereocenters. The lowest BCUT2D eigenvalue weighted by Crippen LogP contribution is -2.29. The van der Waals surface area contributed by atoms with Gasteiger partial charge in [-0.25, -0.2) is 0 Å². The Morgan fingerprint density at radius 2 is 2.00 bits per heavy atom. The molecule has 0 aliphatic rings. The number of hydrogen-bond donors (Lipinski definition) is 1. The summed E-state index contributed by atoms with van der Waals surface area (Å²) >= 11 is 0. The smallest absolute Gasteiger partial charge is 0.134 e. The minimum atomic E-state index is 0.616. The summed E-state index contributed by atoms with van der Waals surface area (Å²) in [7, 11) is 0. The van der Waals surface area contributed by atoms with E-state index in [1.165, 1.54) is 23.8 Å². The van der Waals surface area contributed by atoms with E-state index in [9.17, 15) is 0 Å². The van der Waals surface area contributed by atoms with Crippen molar-refractivity contribution < 1.29 is 4.42 Å². The summed E-state index contributed by atoms with van der Waals surface area (Å²) in [5.74, 6) is 1.11. The molecular weight excluding hydrogens is 234 g/mol. The molecule has 1 heterocycles. The summed E-state index contributed by atoms with van der Waals surface area (Å²) in [5, 5.41) is 4.78. The fraction of sp³-hybridized carbons (Fsp3) is 0.529. The van der Waals surface area contributed by atoms with Gasteiger partial charge in [-0.15, -0.1) is 0 Å². The van der Waals surface area contributed by atoms with Gasteiger partial charge in [-0.1, -0.05) is 31.9 Å². The Balaban J connectivity index is 2.00. The molecule has 19 heavy (non-hydrogen) atoms. The molecule has 0 aliphatic carbocycles. The summed E-state index contributed by atoms with van der Waals surface area (Å²) in [5.41, 5.74) is 2.30. The number of aryl methyl sites for hydroxylation is 2. The number of fused-ring (bicyclic) bond motifs is 1. The van der Waals surface area contributed by atoms with Crippen molar-refractivity contribution in [3.05, 3.63) is 35.6 Å². The van der Waals surface area contributed by atoms with Crippen molar-refractivity contribution in [3.63, 3.8) is 0 Å². The first-order valence-corrected chi connectivity index (χ1v) is 7.45. The lowest BCUT2D eigenvalue weighted by atomic mass is 10.1. The quantitative estimate of drug-likeness (QED) is 0.794. The van der Waals surface area contributed by atoms with Crippen molar-refractivity contribution >= 4 is 11.0 Å². The molecule has 0 spiro atoms. The molecule has 0 bridgehead atoms. The van der Waals surface area contributed by atoms with Crippen LogP contribution in [0.4, 0.5) is 0 Å². The summed E-state index contributed by atoms with van der Waals surface area (Å²) in [6, 6.07) is 9.17. The van der Waals surface area contributed by atoms with Crippen LogP contribution in [-0.2, 0) is 6.42 Å². The third kappa shape index (κ3) is 3.84. The van der Waals surface area contributed by atoms with Gasteiger partial charge in [-0.05, 0) is 44.5 Å². The average Bonchev–Trinajstić information content (AvgIpc) is 2.78. The maximum atomic E-state index is 5.90. The summed E-state index contributed by atoms with van der Waals surface area (Å²) in [4.78, 5) is 0. The molecule has 0 saturated carbocycles. The number of furan rings is 1. The van der Waals surface area contributed by atoms with Crippen LogP contribution in [0.15, 0.2) is 28.7 Å². The van der Waals surface area contributed by atoms with E-state index in [4.69, 9.17) is 4.42 Å². The van der Waals surface area contributed by atoms with Gasteiger partial charge in [0.25, 0.3) is 0 Å². The maximum Gasteiger partial charge on any atom is 0.134 e. The second-order valence-corrected chi connectivity index (χ2v) is 5.34. The van der Waals surface area contributed by atoms with E-state index in [0.29, 0.717) is 6.04 Å². The highest BCUT2D eigenvalue weighted by Crippen LogP contribution is 2.22. The van der Waals surface area contributed by atoms with Gasteiger partial charge in [-0.2, -0.15) is 0 Å². The van der Waals surface area contributed by atoms with Gasteiger partial charge in [-0.3, -0.25) is 0 Å². The van der Waals surface area contributed by atoms with Crippen molar-refractivity contribution in [1.82, 2.24) is 5.32 Å². The Labute approximate surface area is 116 Å². The van der Waals surface area contributed by atoms with Crippen LogP contribution < -0.4 is 5.32 Å².